The lowest BCUT2D eigenvalue weighted by molar-refractivity contribution is -0.128. The SMILES string of the molecule is COCCn1cncc1CN1CC(c2ccccc2)CC1=O. The molecule has 1 atom stereocenters. The third-order valence-electron chi connectivity index (χ3n) is 4.17. The maximum Gasteiger partial charge on any atom is 0.223 e. The Hall–Kier alpha value is -2.14. The van der Waals surface area contributed by atoms with E-state index in [0.29, 0.717) is 25.5 Å². The second-order valence-electron chi connectivity index (χ2n) is 5.66. The van der Waals surface area contributed by atoms with Crippen LogP contribution in [0.3, 0.4) is 0 Å². The lowest BCUT2D eigenvalue weighted by atomic mass is 9.99. The molecule has 1 unspecified atom stereocenters. The summed E-state index contributed by atoms with van der Waals surface area (Å²) in [5.41, 5.74) is 2.30. The molecule has 3 rings (SSSR count). The summed E-state index contributed by atoms with van der Waals surface area (Å²) >= 11 is 0. The van der Waals surface area contributed by atoms with Crippen molar-refractivity contribution in [3.63, 3.8) is 0 Å². The maximum atomic E-state index is 12.3. The van der Waals surface area contributed by atoms with Gasteiger partial charge in [-0.2, -0.15) is 0 Å². The average molecular weight is 299 g/mol. The number of aromatic nitrogens is 2. The summed E-state index contributed by atoms with van der Waals surface area (Å²) in [5.74, 6) is 0.511. The first-order valence-corrected chi connectivity index (χ1v) is 7.58. The molecule has 0 saturated carbocycles. The van der Waals surface area contributed by atoms with Gasteiger partial charge in [0.15, 0.2) is 0 Å². The van der Waals surface area contributed by atoms with Crippen molar-refractivity contribution in [2.75, 3.05) is 20.3 Å². The predicted molar refractivity (Wildman–Crippen MR) is 83.3 cm³/mol. The standard InChI is InChI=1S/C17H21N3O2/c1-22-8-7-19-13-18-10-16(19)12-20-11-15(9-17(20)21)14-5-3-2-4-6-14/h2-6,10,13,15H,7-9,11-12H2,1H3. The van der Waals surface area contributed by atoms with Crippen molar-refractivity contribution >= 4 is 5.91 Å². The number of rotatable bonds is 6. The van der Waals surface area contributed by atoms with Gasteiger partial charge in [0.2, 0.25) is 5.91 Å². The van der Waals surface area contributed by atoms with Crippen molar-refractivity contribution in [3.05, 3.63) is 54.1 Å². The zero-order chi connectivity index (χ0) is 15.4. The Morgan fingerprint density at radius 2 is 2.14 bits per heavy atom. The second-order valence-corrected chi connectivity index (χ2v) is 5.66. The van der Waals surface area contributed by atoms with Crippen molar-refractivity contribution in [2.45, 2.75) is 25.4 Å². The Labute approximate surface area is 130 Å². The van der Waals surface area contributed by atoms with E-state index in [2.05, 4.69) is 17.1 Å². The minimum Gasteiger partial charge on any atom is -0.383 e. The third kappa shape index (κ3) is 3.20. The molecular weight excluding hydrogens is 278 g/mol. The van der Waals surface area contributed by atoms with Gasteiger partial charge in [-0.1, -0.05) is 30.3 Å². The average Bonchev–Trinajstić information content (AvgIpc) is 3.14. The highest BCUT2D eigenvalue weighted by atomic mass is 16.5. The first kappa shape index (κ1) is 14.8. The Bertz CT molecular complexity index is 624. The molecule has 2 aromatic rings. The number of ether oxygens (including phenoxy) is 1. The van der Waals surface area contributed by atoms with Crippen molar-refractivity contribution in [1.82, 2.24) is 14.5 Å². The highest BCUT2D eigenvalue weighted by Gasteiger charge is 2.30. The van der Waals surface area contributed by atoms with Crippen LogP contribution < -0.4 is 0 Å². The first-order chi connectivity index (χ1) is 10.8. The number of imidazole rings is 1. The molecule has 22 heavy (non-hydrogen) atoms. The molecule has 0 aliphatic carbocycles. The summed E-state index contributed by atoms with van der Waals surface area (Å²) < 4.78 is 7.16. The highest BCUT2D eigenvalue weighted by Crippen LogP contribution is 2.28. The van der Waals surface area contributed by atoms with E-state index in [1.165, 1.54) is 5.56 Å². The van der Waals surface area contributed by atoms with Crippen LogP contribution >= 0.6 is 0 Å². The van der Waals surface area contributed by atoms with Gasteiger partial charge in [-0.05, 0) is 5.56 Å². The molecule has 1 amide bonds. The molecule has 1 aliphatic rings. The van der Waals surface area contributed by atoms with E-state index in [1.54, 1.807) is 13.4 Å². The van der Waals surface area contributed by atoms with Crippen LogP contribution in [0.5, 0.6) is 0 Å². The number of nitrogens with zero attached hydrogens (tertiary/aromatic N) is 3. The van der Waals surface area contributed by atoms with E-state index < -0.39 is 0 Å². The lowest BCUT2D eigenvalue weighted by Crippen LogP contribution is -2.26. The zero-order valence-corrected chi connectivity index (χ0v) is 12.8. The Morgan fingerprint density at radius 1 is 1.32 bits per heavy atom. The molecule has 1 aliphatic heterocycles. The van der Waals surface area contributed by atoms with Crippen molar-refractivity contribution < 1.29 is 9.53 Å². The van der Waals surface area contributed by atoms with Crippen LogP contribution in [0.25, 0.3) is 0 Å². The van der Waals surface area contributed by atoms with Crippen LogP contribution in [0.4, 0.5) is 0 Å². The van der Waals surface area contributed by atoms with E-state index in [-0.39, 0.29) is 5.91 Å². The van der Waals surface area contributed by atoms with Gasteiger partial charge in [0.1, 0.15) is 0 Å². The Kier molecular flexibility index (Phi) is 4.53. The molecule has 0 radical (unpaired) electrons. The first-order valence-electron chi connectivity index (χ1n) is 7.58. The fourth-order valence-electron chi connectivity index (χ4n) is 2.94. The predicted octanol–water partition coefficient (Wildman–Crippen LogP) is 2.05. The number of carbonyl (C=O) groups excluding carboxylic acids is 1. The fraction of sp³-hybridized carbons (Fsp3) is 0.412. The number of likely N-dealkylation sites (tertiary alicyclic amines) is 1. The van der Waals surface area contributed by atoms with Gasteiger partial charge in [-0.15, -0.1) is 0 Å². The van der Waals surface area contributed by atoms with Crippen LogP contribution in [0.1, 0.15) is 23.6 Å². The summed E-state index contributed by atoms with van der Waals surface area (Å²) in [6.45, 7) is 2.80. The van der Waals surface area contributed by atoms with Gasteiger partial charge in [-0.3, -0.25) is 4.79 Å². The molecule has 1 saturated heterocycles. The lowest BCUT2D eigenvalue weighted by Gasteiger charge is -2.18. The molecule has 0 N–H and O–H groups in total. The number of hydrogen-bond acceptors (Lipinski definition) is 3. The van der Waals surface area contributed by atoms with Crippen molar-refractivity contribution in [3.8, 4) is 0 Å². The molecule has 116 valence electrons. The monoisotopic (exact) mass is 299 g/mol. The molecule has 1 aromatic heterocycles. The van der Waals surface area contributed by atoms with E-state index in [0.717, 1.165) is 18.8 Å². The van der Waals surface area contributed by atoms with Crippen molar-refractivity contribution in [2.24, 2.45) is 0 Å². The molecule has 1 fully saturated rings. The normalized spacial score (nSPS) is 18.1. The van der Waals surface area contributed by atoms with Gasteiger partial charge in [0.25, 0.3) is 0 Å². The zero-order valence-electron chi connectivity index (χ0n) is 12.8. The minimum absolute atomic E-state index is 0.216. The number of methoxy groups -OCH3 is 1. The molecule has 5 heteroatoms. The van der Waals surface area contributed by atoms with Crippen molar-refractivity contribution in [1.29, 1.82) is 0 Å². The molecule has 0 spiro atoms. The van der Waals surface area contributed by atoms with E-state index in [1.807, 2.05) is 33.9 Å². The van der Waals surface area contributed by atoms with Gasteiger partial charge in [0.05, 0.1) is 25.2 Å². The summed E-state index contributed by atoms with van der Waals surface area (Å²) in [6.07, 6.45) is 4.22. The molecule has 0 bridgehead atoms. The van der Waals surface area contributed by atoms with Crippen LogP contribution in [-0.2, 0) is 22.6 Å². The number of benzene rings is 1. The second kappa shape index (κ2) is 6.75. The fourth-order valence-corrected chi connectivity index (χ4v) is 2.94. The molecule has 1 aromatic carbocycles. The summed E-state index contributed by atoms with van der Waals surface area (Å²) in [5, 5.41) is 0. The van der Waals surface area contributed by atoms with E-state index in [9.17, 15) is 4.79 Å². The smallest absolute Gasteiger partial charge is 0.223 e. The van der Waals surface area contributed by atoms with Crippen LogP contribution in [-0.4, -0.2) is 40.6 Å². The number of amides is 1. The summed E-state index contributed by atoms with van der Waals surface area (Å²) in [4.78, 5) is 18.4. The maximum absolute atomic E-state index is 12.3. The Morgan fingerprint density at radius 3 is 2.91 bits per heavy atom. The number of hydrogen-bond donors (Lipinski definition) is 0. The van der Waals surface area contributed by atoms with Gasteiger partial charge in [0, 0.05) is 38.7 Å². The largest absolute Gasteiger partial charge is 0.383 e. The van der Waals surface area contributed by atoms with Gasteiger partial charge < -0.3 is 14.2 Å². The topological polar surface area (TPSA) is 47.4 Å². The summed E-state index contributed by atoms with van der Waals surface area (Å²) in [7, 11) is 1.69. The van der Waals surface area contributed by atoms with Gasteiger partial charge >= 0.3 is 0 Å². The van der Waals surface area contributed by atoms with E-state index in [4.69, 9.17) is 4.74 Å². The quantitative estimate of drug-likeness (QED) is 0.820. The third-order valence-corrected chi connectivity index (χ3v) is 4.17. The molecular formula is C17H21N3O2. The van der Waals surface area contributed by atoms with Crippen LogP contribution in [0, 0.1) is 0 Å². The van der Waals surface area contributed by atoms with E-state index >= 15 is 0 Å². The highest BCUT2D eigenvalue weighted by molar-refractivity contribution is 5.79. The van der Waals surface area contributed by atoms with Gasteiger partial charge in [-0.25, -0.2) is 4.98 Å². The van der Waals surface area contributed by atoms with Crippen LogP contribution in [0.15, 0.2) is 42.9 Å². The summed E-state index contributed by atoms with van der Waals surface area (Å²) in [6, 6.07) is 10.3. The molecule has 5 nitrogen and oxygen atoms in total. The molecule has 2 heterocycles. The number of carbonyl (C=O) groups is 1. The minimum atomic E-state index is 0.216. The Balaban J connectivity index is 1.66. The van der Waals surface area contributed by atoms with Crippen LogP contribution in [0.2, 0.25) is 0 Å².